The average Bonchev–Trinajstić information content (AvgIpc) is 3.26. The Morgan fingerprint density at radius 1 is 1.25 bits per heavy atom. The van der Waals surface area contributed by atoms with Crippen LogP contribution in [0.4, 0.5) is 10.6 Å². The quantitative estimate of drug-likeness (QED) is 0.328. The number of amidine groups is 1. The maximum atomic E-state index is 13.3. The van der Waals surface area contributed by atoms with E-state index in [2.05, 4.69) is 5.32 Å². The summed E-state index contributed by atoms with van der Waals surface area (Å²) in [6.45, 7) is 8.04. The second-order valence-corrected chi connectivity index (χ2v) is 11.6. The highest BCUT2D eigenvalue weighted by Crippen LogP contribution is 2.27. The first-order valence-corrected chi connectivity index (χ1v) is 13.3. The van der Waals surface area contributed by atoms with Gasteiger partial charge >= 0.3 is 6.09 Å². The summed E-state index contributed by atoms with van der Waals surface area (Å²) in [5.74, 6) is 0.219. The lowest BCUT2D eigenvalue weighted by atomic mass is 10.0. The number of aromatic nitrogens is 1. The largest absolute Gasteiger partial charge is 0.444 e. The van der Waals surface area contributed by atoms with Crippen LogP contribution >= 0.6 is 0 Å². The van der Waals surface area contributed by atoms with Crippen molar-refractivity contribution in [3.05, 3.63) is 47.7 Å². The van der Waals surface area contributed by atoms with Crippen molar-refractivity contribution in [1.82, 2.24) is 13.8 Å². The molecular formula is C25H35N5O5S. The molecule has 3 rings (SSSR count). The Bertz CT molecular complexity index is 1210. The number of carbonyl (C=O) groups excluding carboxylic acids is 2. The zero-order chi connectivity index (χ0) is 26.7. The molecule has 1 aliphatic heterocycles. The number of nitrogens with zero attached hydrogens (tertiary/aromatic N) is 3. The minimum Gasteiger partial charge on any atom is -0.444 e. The second-order valence-electron chi connectivity index (χ2n) is 9.83. The molecule has 11 heteroatoms. The van der Waals surface area contributed by atoms with Gasteiger partial charge < -0.3 is 24.6 Å². The average molecular weight is 518 g/mol. The Hall–Kier alpha value is -3.34. The molecule has 1 aromatic carbocycles. The molecule has 1 aliphatic rings. The third-order valence-corrected chi connectivity index (χ3v) is 7.66. The number of piperidine rings is 1. The van der Waals surface area contributed by atoms with E-state index in [1.807, 2.05) is 6.92 Å². The number of rotatable bonds is 7. The van der Waals surface area contributed by atoms with Crippen LogP contribution in [0, 0.1) is 12.3 Å². The van der Waals surface area contributed by atoms with Crippen LogP contribution in [-0.4, -0.2) is 78.7 Å². The Morgan fingerprint density at radius 2 is 1.92 bits per heavy atom. The molecule has 2 N–H and O–H groups in total. The first-order valence-electron chi connectivity index (χ1n) is 11.9. The van der Waals surface area contributed by atoms with Crippen LogP contribution in [0.15, 0.2) is 41.4 Å². The van der Waals surface area contributed by atoms with Gasteiger partial charge in [0.1, 0.15) is 23.5 Å². The van der Waals surface area contributed by atoms with Gasteiger partial charge in [-0.3, -0.25) is 5.41 Å². The van der Waals surface area contributed by atoms with E-state index in [1.54, 1.807) is 68.0 Å². The predicted octanol–water partition coefficient (Wildman–Crippen LogP) is 3.30. The number of benzene rings is 1. The van der Waals surface area contributed by atoms with Gasteiger partial charge in [-0.05, 0) is 58.7 Å². The predicted molar refractivity (Wildman–Crippen MR) is 138 cm³/mol. The zero-order valence-electron chi connectivity index (χ0n) is 21.4. The topological polar surface area (TPSA) is 125 Å². The van der Waals surface area contributed by atoms with E-state index >= 15 is 0 Å². The van der Waals surface area contributed by atoms with Crippen LogP contribution in [0.2, 0.25) is 0 Å². The highest BCUT2D eigenvalue weighted by atomic mass is 32.2. The molecule has 10 nitrogen and oxygen atoms in total. The lowest BCUT2D eigenvalue weighted by Crippen LogP contribution is -2.53. The van der Waals surface area contributed by atoms with Crippen LogP contribution in [0.3, 0.4) is 0 Å². The van der Waals surface area contributed by atoms with E-state index in [1.165, 1.54) is 6.20 Å². The molecule has 0 bridgehead atoms. The second kappa shape index (κ2) is 10.7. The fraction of sp³-hybridized carbons (Fsp3) is 0.480. The number of hydrogen-bond acceptors (Lipinski definition) is 7. The van der Waals surface area contributed by atoms with Crippen molar-refractivity contribution in [3.8, 4) is 0 Å². The number of hydrogen-bond donors (Lipinski definition) is 2. The number of amides is 1. The number of aryl methyl sites for hydroxylation is 1. The Morgan fingerprint density at radius 3 is 2.50 bits per heavy atom. The van der Waals surface area contributed by atoms with E-state index in [0.29, 0.717) is 37.8 Å². The van der Waals surface area contributed by atoms with Crippen molar-refractivity contribution in [2.75, 3.05) is 32.0 Å². The van der Waals surface area contributed by atoms with Crippen LogP contribution in [-0.2, 0) is 19.6 Å². The third kappa shape index (κ3) is 5.89. The number of carbonyl (C=O) groups is 2. The minimum atomic E-state index is -3.91. The minimum absolute atomic E-state index is 0.000319. The van der Waals surface area contributed by atoms with Crippen molar-refractivity contribution in [1.29, 1.82) is 5.41 Å². The van der Waals surface area contributed by atoms with Crippen LogP contribution in [0.1, 0.15) is 44.7 Å². The number of aldehydes is 1. The molecule has 2 heterocycles. The van der Waals surface area contributed by atoms with Crippen LogP contribution in [0.5, 0.6) is 0 Å². The zero-order valence-corrected chi connectivity index (χ0v) is 22.3. The summed E-state index contributed by atoms with van der Waals surface area (Å²) in [4.78, 5) is 27.5. The van der Waals surface area contributed by atoms with Gasteiger partial charge in [0, 0.05) is 32.4 Å². The molecule has 0 saturated carbocycles. The Labute approximate surface area is 212 Å². The van der Waals surface area contributed by atoms with Crippen molar-refractivity contribution in [3.63, 3.8) is 0 Å². The molecule has 1 saturated heterocycles. The number of anilines is 1. The fourth-order valence-electron chi connectivity index (χ4n) is 4.23. The summed E-state index contributed by atoms with van der Waals surface area (Å²) in [6.07, 6.45) is 3.04. The molecule has 1 aromatic heterocycles. The summed E-state index contributed by atoms with van der Waals surface area (Å²) in [5.41, 5.74) is 0.645. The lowest BCUT2D eigenvalue weighted by molar-refractivity contribution is -0.108. The normalized spacial score (nSPS) is 16.4. The van der Waals surface area contributed by atoms with Gasteiger partial charge in [-0.15, -0.1) is 0 Å². The van der Waals surface area contributed by atoms with Gasteiger partial charge in [0.2, 0.25) is 0 Å². The van der Waals surface area contributed by atoms with E-state index in [-0.39, 0.29) is 29.1 Å². The molecule has 0 unspecified atom stereocenters. The van der Waals surface area contributed by atoms with Gasteiger partial charge in [0.15, 0.2) is 0 Å². The SMILES string of the molecule is CNc1c(C(=N)N(CC=O)[C@@H]2CCCN(C(=O)OC(C)(C)C)C2)ccn1S(=O)(=O)c1ccc(C)cc1. The first kappa shape index (κ1) is 27.3. The molecule has 0 spiro atoms. The molecular weight excluding hydrogens is 482 g/mol. The van der Waals surface area contributed by atoms with E-state index < -0.39 is 21.7 Å². The van der Waals surface area contributed by atoms with Crippen LogP contribution in [0.25, 0.3) is 0 Å². The number of likely N-dealkylation sites (tertiary alicyclic amines) is 1. The van der Waals surface area contributed by atoms with E-state index in [9.17, 15) is 18.0 Å². The summed E-state index contributed by atoms with van der Waals surface area (Å²) in [7, 11) is -2.33. The highest BCUT2D eigenvalue weighted by molar-refractivity contribution is 7.90. The van der Waals surface area contributed by atoms with Crippen molar-refractivity contribution < 1.29 is 22.7 Å². The standard InChI is InChI=1S/C25H35N5O5S/c1-18-8-10-20(11-9-18)36(33,34)30-14-12-21(23(30)27-5)22(26)29(15-16-31)19-7-6-13-28(17-19)24(32)35-25(2,3)4/h8-12,14,16,19,26-27H,6-7,13,15,17H2,1-5H3/t19-/m1/s1. The molecule has 0 aliphatic carbocycles. The summed E-state index contributed by atoms with van der Waals surface area (Å²) in [6, 6.07) is 7.78. The van der Waals surface area contributed by atoms with E-state index in [4.69, 9.17) is 10.1 Å². The van der Waals surface area contributed by atoms with Crippen molar-refractivity contribution in [2.45, 2.75) is 57.1 Å². The monoisotopic (exact) mass is 517 g/mol. The molecule has 196 valence electrons. The molecule has 1 fully saturated rings. The molecule has 1 atom stereocenters. The van der Waals surface area contributed by atoms with E-state index in [0.717, 1.165) is 9.54 Å². The lowest BCUT2D eigenvalue weighted by Gasteiger charge is -2.40. The van der Waals surface area contributed by atoms with Crippen molar-refractivity contribution in [2.24, 2.45) is 0 Å². The maximum absolute atomic E-state index is 13.3. The smallest absolute Gasteiger partial charge is 0.410 e. The molecule has 0 radical (unpaired) electrons. The number of nitrogens with one attached hydrogen (secondary N) is 2. The third-order valence-electron chi connectivity index (χ3n) is 5.97. The Kier molecular flexibility index (Phi) is 8.12. The van der Waals surface area contributed by atoms with Crippen LogP contribution < -0.4 is 5.32 Å². The van der Waals surface area contributed by atoms with Gasteiger partial charge in [-0.2, -0.15) is 0 Å². The van der Waals surface area contributed by atoms with Gasteiger partial charge in [-0.25, -0.2) is 17.2 Å². The number of ether oxygens (including phenoxy) is 1. The van der Waals surface area contributed by atoms with Gasteiger partial charge in [0.25, 0.3) is 10.0 Å². The fourth-order valence-corrected chi connectivity index (χ4v) is 5.59. The highest BCUT2D eigenvalue weighted by Gasteiger charge is 2.33. The first-order chi connectivity index (χ1) is 16.9. The molecule has 2 aromatic rings. The summed E-state index contributed by atoms with van der Waals surface area (Å²) < 4.78 is 33.2. The van der Waals surface area contributed by atoms with Gasteiger partial charge in [-0.1, -0.05) is 17.7 Å². The molecule has 36 heavy (non-hydrogen) atoms. The molecule has 1 amide bonds. The summed E-state index contributed by atoms with van der Waals surface area (Å²) >= 11 is 0. The van der Waals surface area contributed by atoms with Crippen molar-refractivity contribution >= 4 is 34.1 Å². The Balaban J connectivity index is 1.90. The summed E-state index contributed by atoms with van der Waals surface area (Å²) in [5, 5.41) is 11.8. The van der Waals surface area contributed by atoms with Gasteiger partial charge in [0.05, 0.1) is 17.0 Å². The maximum Gasteiger partial charge on any atom is 0.410 e.